The van der Waals surface area contributed by atoms with Crippen LogP contribution in [0.15, 0.2) is 102 Å². The number of piperazine rings is 2. The highest BCUT2D eigenvalue weighted by Gasteiger charge is 2.23. The van der Waals surface area contributed by atoms with Gasteiger partial charge in [-0.1, -0.05) is 0 Å². The quantitative estimate of drug-likeness (QED) is 0.139. The van der Waals surface area contributed by atoms with E-state index in [4.69, 9.17) is 32.1 Å². The first-order chi connectivity index (χ1) is 29.7. The minimum atomic E-state index is -0.0744. The van der Waals surface area contributed by atoms with Crippen LogP contribution in [0.25, 0.3) is 32.5 Å². The zero-order chi connectivity index (χ0) is 43.0. The molecule has 0 unspecified atom stereocenters. The molecule has 6 heterocycles. The van der Waals surface area contributed by atoms with E-state index in [2.05, 4.69) is 71.5 Å². The number of pyridine rings is 2. The summed E-state index contributed by atoms with van der Waals surface area (Å²) in [4.78, 5) is 56.5. The van der Waals surface area contributed by atoms with Gasteiger partial charge in [-0.05, 0) is 76.6 Å². The average Bonchev–Trinajstić information content (AvgIpc) is 3.31. The van der Waals surface area contributed by atoms with Crippen molar-refractivity contribution in [3.8, 4) is 57.5 Å². The Bertz CT molecular complexity index is 2540. The molecule has 2 aliphatic rings. The van der Waals surface area contributed by atoms with Crippen molar-refractivity contribution in [1.29, 1.82) is 0 Å². The number of halogens is 1. The van der Waals surface area contributed by atoms with Gasteiger partial charge in [0.1, 0.15) is 28.7 Å². The Morgan fingerprint density at radius 2 is 1.18 bits per heavy atom. The number of rotatable bonds is 9. The van der Waals surface area contributed by atoms with Gasteiger partial charge in [0.25, 0.3) is 0 Å². The van der Waals surface area contributed by atoms with Crippen molar-refractivity contribution in [2.45, 2.75) is 0 Å². The molecule has 0 spiro atoms. The molecule has 2 aromatic carbocycles. The van der Waals surface area contributed by atoms with Crippen LogP contribution in [0.5, 0.6) is 34.8 Å². The fourth-order valence-electron chi connectivity index (χ4n) is 5.49. The molecule has 2 saturated heterocycles. The molecular formula is C42H37BrN12O6. The third kappa shape index (κ3) is 12.1. The van der Waals surface area contributed by atoms with Crippen LogP contribution in [-0.4, -0.2) is 95.2 Å². The summed E-state index contributed by atoms with van der Waals surface area (Å²) in [7, 11) is 3.20. The van der Waals surface area contributed by atoms with Crippen LogP contribution in [0.1, 0.15) is 0 Å². The Balaban J connectivity index is 0.000000179. The molecule has 0 aliphatic carbocycles. The number of ether oxygens (including phenoxy) is 4. The lowest BCUT2D eigenvalue weighted by Gasteiger charge is -2.29. The van der Waals surface area contributed by atoms with Gasteiger partial charge in [-0.15, -0.1) is 0 Å². The van der Waals surface area contributed by atoms with Crippen LogP contribution >= 0.6 is 15.9 Å². The molecule has 2 fully saturated rings. The molecule has 18 nitrogen and oxygen atoms in total. The van der Waals surface area contributed by atoms with E-state index in [1.165, 1.54) is 12.4 Å². The first-order valence-electron chi connectivity index (χ1n) is 18.4. The molecule has 0 atom stereocenters. The second kappa shape index (κ2) is 21.3. The fourth-order valence-corrected chi connectivity index (χ4v) is 5.76. The number of hydrogen-bond donors (Lipinski definition) is 3. The monoisotopic (exact) mass is 884 g/mol. The predicted molar refractivity (Wildman–Crippen MR) is 228 cm³/mol. The number of amides is 2. The standard InChI is InChI=1S/C21H18N6O3.C17H11BrN4O2.C4H8N2O/c1-22-15-9-14(10-23-11-15)20-25-12-18(27-8-7-24-19(28)13-27)21(26-20)30-17-5-3-16(29-2)4-6-17;1-19-12-7-11(8-20-9-12)16-21-10-15(18)17(22-16)24-14-5-3-13(23-2)4-6-14;7-4-3-5-1-2-6-4/h3-6,9-12H,7-8,13H2,2H3,(H,24,28);3-10H,2H3;5H,1-3H2,(H,6,7). The van der Waals surface area contributed by atoms with Gasteiger partial charge < -0.3 is 39.8 Å². The maximum Gasteiger partial charge on any atom is 0.246 e. The highest BCUT2D eigenvalue weighted by atomic mass is 79.9. The van der Waals surface area contributed by atoms with Crippen molar-refractivity contribution in [3.05, 3.63) is 125 Å². The van der Waals surface area contributed by atoms with Gasteiger partial charge >= 0.3 is 0 Å². The number of benzene rings is 2. The first kappa shape index (κ1) is 42.9. The molecule has 6 aromatic rings. The van der Waals surface area contributed by atoms with Gasteiger partial charge in [0.15, 0.2) is 11.6 Å². The second-order valence-corrected chi connectivity index (χ2v) is 13.5. The van der Waals surface area contributed by atoms with Crippen molar-refractivity contribution >= 4 is 44.8 Å². The highest BCUT2D eigenvalue weighted by Crippen LogP contribution is 2.34. The topological polar surface area (TPSA) is 196 Å². The number of methoxy groups -OCH3 is 2. The van der Waals surface area contributed by atoms with Gasteiger partial charge in [0.05, 0.1) is 51.1 Å². The number of carbonyl (C=O) groups is 2. The van der Waals surface area contributed by atoms with Crippen LogP contribution in [0, 0.1) is 13.1 Å². The molecular weight excluding hydrogens is 848 g/mol. The fraction of sp³-hybridized carbons (Fsp3) is 0.190. The van der Waals surface area contributed by atoms with Crippen LogP contribution < -0.4 is 39.8 Å². The first-order valence-corrected chi connectivity index (χ1v) is 19.2. The molecule has 2 amide bonds. The number of nitrogens with one attached hydrogen (secondary N) is 3. The van der Waals surface area contributed by atoms with Gasteiger partial charge in [-0.3, -0.25) is 19.6 Å². The molecule has 0 saturated carbocycles. The smallest absolute Gasteiger partial charge is 0.246 e. The van der Waals surface area contributed by atoms with Crippen LogP contribution in [0.4, 0.5) is 17.1 Å². The minimum absolute atomic E-state index is 0.0744. The van der Waals surface area contributed by atoms with E-state index in [0.717, 1.165) is 18.8 Å². The summed E-state index contributed by atoms with van der Waals surface area (Å²) in [5, 5.41) is 8.40. The van der Waals surface area contributed by atoms with E-state index in [0.29, 0.717) is 93.0 Å². The second-order valence-electron chi connectivity index (χ2n) is 12.7. The lowest BCUT2D eigenvalue weighted by molar-refractivity contribution is -0.121. The van der Waals surface area contributed by atoms with Crippen LogP contribution in [0.3, 0.4) is 0 Å². The van der Waals surface area contributed by atoms with Crippen LogP contribution in [0.2, 0.25) is 0 Å². The highest BCUT2D eigenvalue weighted by molar-refractivity contribution is 9.10. The Hall–Kier alpha value is -7.74. The molecule has 3 N–H and O–H groups in total. The summed E-state index contributed by atoms with van der Waals surface area (Å²) >= 11 is 3.38. The molecule has 0 radical (unpaired) electrons. The van der Waals surface area contributed by atoms with E-state index < -0.39 is 0 Å². The molecule has 8 rings (SSSR count). The van der Waals surface area contributed by atoms with Gasteiger partial charge in [-0.2, -0.15) is 9.97 Å². The SMILES string of the molecule is O=C1CNCCN1.[C-]#[N+]c1cncc(-c2ncc(Br)c(Oc3ccc(OC)cc3)n2)c1.[C-]#[N+]c1cncc(-c2ncc(N3CCNC(=O)C3)c(Oc3ccc(OC)cc3)n2)c1. The van der Waals surface area contributed by atoms with Crippen LogP contribution in [-0.2, 0) is 9.59 Å². The Labute approximate surface area is 359 Å². The molecule has 4 aromatic heterocycles. The number of nitrogens with zero attached hydrogens (tertiary/aromatic N) is 9. The Morgan fingerprint density at radius 3 is 1.67 bits per heavy atom. The molecule has 19 heteroatoms. The largest absolute Gasteiger partial charge is 0.497 e. The van der Waals surface area contributed by atoms with E-state index in [-0.39, 0.29) is 18.4 Å². The summed E-state index contributed by atoms with van der Waals surface area (Å²) in [5.41, 5.74) is 2.68. The number of anilines is 1. The van der Waals surface area contributed by atoms with E-state index in [1.807, 2.05) is 4.90 Å². The van der Waals surface area contributed by atoms with Gasteiger partial charge in [-0.25, -0.2) is 19.7 Å². The zero-order valence-corrected chi connectivity index (χ0v) is 34.4. The van der Waals surface area contributed by atoms with Crippen molar-refractivity contribution < 1.29 is 28.5 Å². The predicted octanol–water partition coefficient (Wildman–Crippen LogP) is 6.19. The lowest BCUT2D eigenvalue weighted by atomic mass is 10.2. The summed E-state index contributed by atoms with van der Waals surface area (Å²) < 4.78 is 22.8. The third-order valence-corrected chi connectivity index (χ3v) is 9.05. The number of carbonyl (C=O) groups excluding carboxylic acids is 2. The van der Waals surface area contributed by atoms with Crippen molar-refractivity contribution in [1.82, 2.24) is 45.9 Å². The van der Waals surface area contributed by atoms with Crippen molar-refractivity contribution in [2.75, 3.05) is 58.4 Å². The van der Waals surface area contributed by atoms with Gasteiger partial charge in [0.2, 0.25) is 34.9 Å². The number of aromatic nitrogens is 6. The maximum atomic E-state index is 11.9. The van der Waals surface area contributed by atoms with E-state index >= 15 is 0 Å². The lowest BCUT2D eigenvalue weighted by Crippen LogP contribution is -2.47. The summed E-state index contributed by atoms with van der Waals surface area (Å²) in [5.74, 6) is 4.16. The van der Waals surface area contributed by atoms with Crippen molar-refractivity contribution in [3.63, 3.8) is 0 Å². The number of hydrogen-bond acceptors (Lipinski definition) is 14. The van der Waals surface area contributed by atoms with Crippen molar-refractivity contribution in [2.24, 2.45) is 0 Å². The molecule has 61 heavy (non-hydrogen) atoms. The summed E-state index contributed by atoms with van der Waals surface area (Å²) in [6, 6.07) is 17.6. The molecule has 2 aliphatic heterocycles. The summed E-state index contributed by atoms with van der Waals surface area (Å²) in [6.45, 7) is 17.7. The van der Waals surface area contributed by atoms with Gasteiger partial charge in [0, 0.05) is 68.3 Å². The minimum Gasteiger partial charge on any atom is -0.497 e. The van der Waals surface area contributed by atoms with E-state index in [1.54, 1.807) is 99.7 Å². The Kier molecular flexibility index (Phi) is 15.0. The normalized spacial score (nSPS) is 13.0. The average molecular weight is 886 g/mol. The Morgan fingerprint density at radius 1 is 0.656 bits per heavy atom. The molecule has 0 bridgehead atoms. The summed E-state index contributed by atoms with van der Waals surface area (Å²) in [6.07, 6.45) is 9.40. The zero-order valence-electron chi connectivity index (χ0n) is 32.8. The van der Waals surface area contributed by atoms with E-state index in [9.17, 15) is 9.59 Å². The third-order valence-electron chi connectivity index (χ3n) is 8.51. The molecule has 308 valence electrons. The maximum absolute atomic E-state index is 11.9.